The van der Waals surface area contributed by atoms with E-state index in [1.165, 1.54) is 0 Å². The highest BCUT2D eigenvalue weighted by Gasteiger charge is 2.17. The van der Waals surface area contributed by atoms with Gasteiger partial charge in [0.1, 0.15) is 5.01 Å². The average molecular weight is 321 g/mol. The van der Waals surface area contributed by atoms with Crippen molar-refractivity contribution in [1.29, 1.82) is 0 Å². The summed E-state index contributed by atoms with van der Waals surface area (Å²) >= 11 is 1.70. The summed E-state index contributed by atoms with van der Waals surface area (Å²) in [5.74, 6) is 0. The molecule has 120 valence electrons. The molecule has 0 spiro atoms. The van der Waals surface area contributed by atoms with Crippen molar-refractivity contribution in [3.63, 3.8) is 0 Å². The van der Waals surface area contributed by atoms with Crippen molar-refractivity contribution in [3.05, 3.63) is 23.5 Å². The molecule has 0 aromatic carbocycles. The molecule has 0 bridgehead atoms. The van der Waals surface area contributed by atoms with Crippen LogP contribution in [0.15, 0.2) is 17.8 Å². The van der Waals surface area contributed by atoms with Crippen LogP contribution in [0.3, 0.4) is 0 Å². The Hall–Kier alpha value is -1.28. The van der Waals surface area contributed by atoms with E-state index in [0.717, 1.165) is 62.1 Å². The molecule has 0 radical (unpaired) electrons. The Morgan fingerprint density at radius 2 is 2.00 bits per heavy atom. The van der Waals surface area contributed by atoms with Gasteiger partial charge in [0, 0.05) is 70.6 Å². The number of rotatable bonds is 6. The van der Waals surface area contributed by atoms with Crippen LogP contribution in [0.5, 0.6) is 0 Å². The number of ether oxygens (including phenoxy) is 1. The Morgan fingerprint density at radius 3 is 2.68 bits per heavy atom. The zero-order chi connectivity index (χ0) is 15.4. The van der Waals surface area contributed by atoms with E-state index >= 15 is 0 Å². The predicted octanol–water partition coefficient (Wildman–Crippen LogP) is 1.31. The van der Waals surface area contributed by atoms with Crippen LogP contribution in [0, 0.1) is 0 Å². The van der Waals surface area contributed by atoms with Gasteiger partial charge in [-0.3, -0.25) is 14.5 Å². The average Bonchev–Trinajstić information content (AvgIpc) is 3.15. The highest BCUT2D eigenvalue weighted by atomic mass is 32.1. The lowest BCUT2D eigenvalue weighted by Crippen LogP contribution is -2.46. The Bertz CT molecular complexity index is 588. The van der Waals surface area contributed by atoms with Gasteiger partial charge in [-0.1, -0.05) is 0 Å². The second-order valence-electron chi connectivity index (χ2n) is 5.66. The Morgan fingerprint density at radius 1 is 1.23 bits per heavy atom. The van der Waals surface area contributed by atoms with Gasteiger partial charge < -0.3 is 4.74 Å². The van der Waals surface area contributed by atoms with E-state index in [2.05, 4.69) is 20.3 Å². The molecule has 7 heteroatoms. The minimum absolute atomic E-state index is 0.820. The quantitative estimate of drug-likeness (QED) is 0.803. The fourth-order valence-corrected chi connectivity index (χ4v) is 3.45. The van der Waals surface area contributed by atoms with Crippen molar-refractivity contribution in [2.24, 2.45) is 7.05 Å². The predicted molar refractivity (Wildman–Crippen MR) is 87.9 cm³/mol. The summed E-state index contributed by atoms with van der Waals surface area (Å²) in [7, 11) is 3.69. The molecule has 0 atom stereocenters. The largest absolute Gasteiger partial charge is 0.383 e. The lowest BCUT2D eigenvalue weighted by Gasteiger charge is -2.34. The molecule has 1 fully saturated rings. The number of nitrogens with zero attached hydrogens (tertiary/aromatic N) is 5. The number of hydrogen-bond acceptors (Lipinski definition) is 6. The van der Waals surface area contributed by atoms with Gasteiger partial charge in [-0.2, -0.15) is 5.10 Å². The molecule has 1 aliphatic heterocycles. The summed E-state index contributed by atoms with van der Waals surface area (Å²) in [5, 5.41) is 7.43. The molecule has 3 heterocycles. The first-order valence-corrected chi connectivity index (χ1v) is 8.49. The zero-order valence-corrected chi connectivity index (χ0v) is 14.1. The molecule has 0 N–H and O–H groups in total. The van der Waals surface area contributed by atoms with Crippen molar-refractivity contribution in [2.45, 2.75) is 6.54 Å². The molecule has 0 amide bonds. The summed E-state index contributed by atoms with van der Waals surface area (Å²) in [6.07, 6.45) is 3.88. The van der Waals surface area contributed by atoms with Crippen molar-refractivity contribution in [2.75, 3.05) is 46.4 Å². The Kier molecular flexibility index (Phi) is 5.20. The fraction of sp³-hybridized carbons (Fsp3) is 0.600. The standard InChI is InChI=1S/C15H23N5OS/c1-18-10-13(9-16-18)15-17-14(12-22-15)11-20-5-3-19(4-6-20)7-8-21-2/h9-10,12H,3-8,11H2,1-2H3. The van der Waals surface area contributed by atoms with E-state index in [4.69, 9.17) is 9.72 Å². The molecule has 0 saturated carbocycles. The molecular weight excluding hydrogens is 298 g/mol. The second-order valence-corrected chi connectivity index (χ2v) is 6.52. The van der Waals surface area contributed by atoms with Crippen LogP contribution in [-0.4, -0.2) is 71.0 Å². The van der Waals surface area contributed by atoms with Crippen LogP contribution in [0.2, 0.25) is 0 Å². The topological polar surface area (TPSA) is 46.4 Å². The van der Waals surface area contributed by atoms with Crippen LogP contribution in [0.25, 0.3) is 10.6 Å². The van der Waals surface area contributed by atoms with Gasteiger partial charge in [0.2, 0.25) is 0 Å². The van der Waals surface area contributed by atoms with Gasteiger partial charge in [-0.15, -0.1) is 11.3 Å². The van der Waals surface area contributed by atoms with E-state index < -0.39 is 0 Å². The summed E-state index contributed by atoms with van der Waals surface area (Å²) in [6.45, 7) is 7.22. The number of thiazole rings is 1. The smallest absolute Gasteiger partial charge is 0.126 e. The van der Waals surface area contributed by atoms with E-state index in [1.54, 1.807) is 18.4 Å². The summed E-state index contributed by atoms with van der Waals surface area (Å²) < 4.78 is 6.96. The van der Waals surface area contributed by atoms with E-state index in [-0.39, 0.29) is 0 Å². The normalized spacial score (nSPS) is 17.2. The highest BCUT2D eigenvalue weighted by Crippen LogP contribution is 2.23. The van der Waals surface area contributed by atoms with E-state index in [1.807, 2.05) is 24.1 Å². The first kappa shape index (κ1) is 15.6. The van der Waals surface area contributed by atoms with Crippen LogP contribution in [0.1, 0.15) is 5.69 Å². The van der Waals surface area contributed by atoms with Gasteiger partial charge in [0.05, 0.1) is 18.5 Å². The molecular formula is C15H23N5OS. The molecule has 22 heavy (non-hydrogen) atoms. The van der Waals surface area contributed by atoms with Crippen molar-refractivity contribution >= 4 is 11.3 Å². The Balaban J connectivity index is 1.51. The lowest BCUT2D eigenvalue weighted by molar-refractivity contribution is 0.0933. The molecule has 2 aromatic heterocycles. The Labute approximate surface area is 135 Å². The fourth-order valence-electron chi connectivity index (χ4n) is 2.66. The van der Waals surface area contributed by atoms with Crippen molar-refractivity contribution < 1.29 is 4.74 Å². The monoisotopic (exact) mass is 321 g/mol. The maximum Gasteiger partial charge on any atom is 0.126 e. The summed E-state index contributed by atoms with van der Waals surface area (Å²) in [4.78, 5) is 9.68. The third-order valence-electron chi connectivity index (χ3n) is 3.97. The minimum atomic E-state index is 0.820. The summed E-state index contributed by atoms with van der Waals surface area (Å²) in [6, 6.07) is 0. The first-order valence-electron chi connectivity index (χ1n) is 7.61. The van der Waals surface area contributed by atoms with Gasteiger partial charge in [-0.05, 0) is 0 Å². The molecule has 6 nitrogen and oxygen atoms in total. The number of methoxy groups -OCH3 is 1. The van der Waals surface area contributed by atoms with Crippen LogP contribution >= 0.6 is 11.3 Å². The van der Waals surface area contributed by atoms with Crippen LogP contribution < -0.4 is 0 Å². The molecule has 0 aliphatic carbocycles. The number of piperazine rings is 1. The molecule has 1 aliphatic rings. The number of aryl methyl sites for hydroxylation is 1. The summed E-state index contributed by atoms with van der Waals surface area (Å²) in [5.41, 5.74) is 2.26. The van der Waals surface area contributed by atoms with Crippen molar-refractivity contribution in [1.82, 2.24) is 24.6 Å². The van der Waals surface area contributed by atoms with Crippen molar-refractivity contribution in [3.8, 4) is 10.6 Å². The van der Waals surface area contributed by atoms with Gasteiger partial charge in [-0.25, -0.2) is 4.98 Å². The SMILES string of the molecule is COCCN1CCN(Cc2csc(-c3cnn(C)c3)n2)CC1. The molecule has 3 rings (SSSR count). The van der Waals surface area contributed by atoms with Crippen LogP contribution in [-0.2, 0) is 18.3 Å². The number of aromatic nitrogens is 3. The maximum absolute atomic E-state index is 5.14. The van der Waals surface area contributed by atoms with Gasteiger partial charge >= 0.3 is 0 Å². The minimum Gasteiger partial charge on any atom is -0.383 e. The maximum atomic E-state index is 5.14. The third kappa shape index (κ3) is 3.92. The van der Waals surface area contributed by atoms with E-state index in [9.17, 15) is 0 Å². The molecule has 0 unspecified atom stereocenters. The second kappa shape index (κ2) is 7.32. The highest BCUT2D eigenvalue weighted by molar-refractivity contribution is 7.13. The zero-order valence-electron chi connectivity index (χ0n) is 13.2. The molecule has 2 aromatic rings. The lowest BCUT2D eigenvalue weighted by atomic mass is 10.3. The van der Waals surface area contributed by atoms with Gasteiger partial charge in [0.15, 0.2) is 0 Å². The molecule has 1 saturated heterocycles. The van der Waals surface area contributed by atoms with E-state index in [0.29, 0.717) is 0 Å². The van der Waals surface area contributed by atoms with Crippen LogP contribution in [0.4, 0.5) is 0 Å². The third-order valence-corrected chi connectivity index (χ3v) is 4.91. The number of hydrogen-bond donors (Lipinski definition) is 0. The van der Waals surface area contributed by atoms with Gasteiger partial charge in [0.25, 0.3) is 0 Å². The first-order chi connectivity index (χ1) is 10.7.